The zero-order valence-electron chi connectivity index (χ0n) is 8.54. The van der Waals surface area contributed by atoms with Crippen LogP contribution >= 0.6 is 0 Å². The van der Waals surface area contributed by atoms with E-state index in [0.29, 0.717) is 17.4 Å². The fourth-order valence-corrected chi connectivity index (χ4v) is 3.57. The lowest BCUT2D eigenvalue weighted by Crippen LogP contribution is -2.24. The molecule has 1 saturated heterocycles. The molecule has 1 rings (SSSR count). The van der Waals surface area contributed by atoms with Crippen molar-refractivity contribution in [1.29, 1.82) is 0 Å². The second kappa shape index (κ2) is 5.51. The van der Waals surface area contributed by atoms with Crippen LogP contribution in [0.5, 0.6) is 0 Å². The molecule has 14 heavy (non-hydrogen) atoms. The van der Waals surface area contributed by atoms with Crippen LogP contribution in [-0.2, 0) is 9.84 Å². The van der Waals surface area contributed by atoms with E-state index in [1.54, 1.807) is 0 Å². The van der Waals surface area contributed by atoms with E-state index in [1.807, 2.05) is 6.08 Å². The third kappa shape index (κ3) is 4.24. The van der Waals surface area contributed by atoms with Gasteiger partial charge in [0.2, 0.25) is 0 Å². The Hall–Kier alpha value is -0.350. The van der Waals surface area contributed by atoms with Crippen molar-refractivity contribution in [1.82, 2.24) is 5.32 Å². The van der Waals surface area contributed by atoms with Gasteiger partial charge in [-0.2, -0.15) is 0 Å². The summed E-state index contributed by atoms with van der Waals surface area (Å²) in [7, 11) is -2.70. The second-order valence-electron chi connectivity index (χ2n) is 3.90. The van der Waals surface area contributed by atoms with Gasteiger partial charge in [-0.05, 0) is 38.3 Å². The van der Waals surface area contributed by atoms with Gasteiger partial charge in [0.1, 0.15) is 0 Å². The van der Waals surface area contributed by atoms with E-state index in [2.05, 4.69) is 11.9 Å². The highest BCUT2D eigenvalue weighted by molar-refractivity contribution is 7.91. The number of hydrogen-bond acceptors (Lipinski definition) is 3. The van der Waals surface area contributed by atoms with Crippen molar-refractivity contribution in [3.63, 3.8) is 0 Å². The summed E-state index contributed by atoms with van der Waals surface area (Å²) in [5.74, 6) is 1.09. The lowest BCUT2D eigenvalue weighted by molar-refractivity contribution is 0.516. The highest BCUT2D eigenvalue weighted by Crippen LogP contribution is 2.17. The molecule has 1 atom stereocenters. The first-order valence-corrected chi connectivity index (χ1v) is 6.98. The van der Waals surface area contributed by atoms with Crippen molar-refractivity contribution >= 4 is 9.84 Å². The third-order valence-electron chi connectivity index (χ3n) is 2.52. The van der Waals surface area contributed by atoms with Gasteiger partial charge < -0.3 is 5.32 Å². The van der Waals surface area contributed by atoms with Gasteiger partial charge in [-0.25, -0.2) is 8.42 Å². The largest absolute Gasteiger partial charge is 0.316 e. The van der Waals surface area contributed by atoms with Crippen molar-refractivity contribution in [2.75, 3.05) is 24.6 Å². The van der Waals surface area contributed by atoms with Crippen LogP contribution in [0.3, 0.4) is 0 Å². The van der Waals surface area contributed by atoms with Gasteiger partial charge in [-0.3, -0.25) is 0 Å². The van der Waals surface area contributed by atoms with Crippen LogP contribution in [0.25, 0.3) is 0 Å². The summed E-state index contributed by atoms with van der Waals surface area (Å²) < 4.78 is 22.3. The van der Waals surface area contributed by atoms with Gasteiger partial charge in [-0.15, -0.1) is 6.58 Å². The minimum atomic E-state index is -2.70. The summed E-state index contributed by atoms with van der Waals surface area (Å²) >= 11 is 0. The van der Waals surface area contributed by atoms with Gasteiger partial charge in [0.25, 0.3) is 0 Å². The molecule has 82 valence electrons. The predicted molar refractivity (Wildman–Crippen MR) is 59.1 cm³/mol. The average Bonchev–Trinajstić information content (AvgIpc) is 2.45. The van der Waals surface area contributed by atoms with Crippen molar-refractivity contribution in [3.05, 3.63) is 12.7 Å². The molecular formula is C10H19NO2S. The highest BCUT2D eigenvalue weighted by atomic mass is 32.2. The van der Waals surface area contributed by atoms with Crippen LogP contribution in [0, 0.1) is 5.92 Å². The summed E-state index contributed by atoms with van der Waals surface area (Å²) in [6.07, 6.45) is 4.84. The monoisotopic (exact) mass is 217 g/mol. The molecule has 0 aromatic heterocycles. The van der Waals surface area contributed by atoms with E-state index in [4.69, 9.17) is 0 Å². The Kier molecular flexibility index (Phi) is 4.62. The Morgan fingerprint density at radius 2 is 2.29 bits per heavy atom. The van der Waals surface area contributed by atoms with Crippen LogP contribution in [0.15, 0.2) is 12.7 Å². The van der Waals surface area contributed by atoms with Crippen molar-refractivity contribution in [2.45, 2.75) is 19.3 Å². The number of allylic oxidation sites excluding steroid dienone is 1. The van der Waals surface area contributed by atoms with Gasteiger partial charge in [0, 0.05) is 0 Å². The Morgan fingerprint density at radius 1 is 1.50 bits per heavy atom. The fraction of sp³-hybridized carbons (Fsp3) is 0.800. The Labute approximate surface area is 86.5 Å². The number of hydrogen-bond donors (Lipinski definition) is 1. The standard InChI is InChI=1S/C10H19NO2S/c1-2-3-4-6-11-8-10-5-7-14(12,13)9-10/h2,10-11H,1,3-9H2. The molecule has 0 aliphatic carbocycles. The fourth-order valence-electron chi connectivity index (χ4n) is 1.71. The van der Waals surface area contributed by atoms with E-state index in [-0.39, 0.29) is 0 Å². The molecule has 0 bridgehead atoms. The van der Waals surface area contributed by atoms with E-state index < -0.39 is 9.84 Å². The molecule has 1 fully saturated rings. The van der Waals surface area contributed by atoms with Crippen LogP contribution in [0.1, 0.15) is 19.3 Å². The van der Waals surface area contributed by atoms with E-state index in [1.165, 1.54) is 0 Å². The first kappa shape index (κ1) is 11.7. The second-order valence-corrected chi connectivity index (χ2v) is 6.13. The highest BCUT2D eigenvalue weighted by Gasteiger charge is 2.26. The zero-order valence-corrected chi connectivity index (χ0v) is 9.35. The molecular weight excluding hydrogens is 198 g/mol. The van der Waals surface area contributed by atoms with Crippen molar-refractivity contribution in [2.24, 2.45) is 5.92 Å². The predicted octanol–water partition coefficient (Wildman–Crippen LogP) is 0.977. The van der Waals surface area contributed by atoms with Crippen molar-refractivity contribution < 1.29 is 8.42 Å². The molecule has 1 unspecified atom stereocenters. The van der Waals surface area contributed by atoms with E-state index in [0.717, 1.165) is 32.4 Å². The van der Waals surface area contributed by atoms with Crippen LogP contribution in [-0.4, -0.2) is 33.0 Å². The molecule has 1 aliphatic rings. The normalized spacial score (nSPS) is 25.0. The lowest BCUT2D eigenvalue weighted by Gasteiger charge is -2.08. The van der Waals surface area contributed by atoms with E-state index >= 15 is 0 Å². The summed E-state index contributed by atoms with van der Waals surface area (Å²) in [6.45, 7) is 5.45. The number of nitrogens with one attached hydrogen (secondary N) is 1. The molecule has 4 heteroatoms. The first-order chi connectivity index (χ1) is 6.64. The van der Waals surface area contributed by atoms with Crippen LogP contribution in [0.2, 0.25) is 0 Å². The average molecular weight is 217 g/mol. The minimum Gasteiger partial charge on any atom is -0.316 e. The van der Waals surface area contributed by atoms with Crippen LogP contribution < -0.4 is 5.32 Å². The smallest absolute Gasteiger partial charge is 0.150 e. The summed E-state index contributed by atoms with van der Waals surface area (Å²) in [6, 6.07) is 0. The first-order valence-electron chi connectivity index (χ1n) is 5.16. The molecule has 3 nitrogen and oxygen atoms in total. The number of unbranched alkanes of at least 4 members (excludes halogenated alkanes) is 1. The lowest BCUT2D eigenvalue weighted by atomic mass is 10.1. The van der Waals surface area contributed by atoms with Gasteiger partial charge in [0.15, 0.2) is 9.84 Å². The topological polar surface area (TPSA) is 46.2 Å². The third-order valence-corrected chi connectivity index (χ3v) is 4.36. The molecule has 0 amide bonds. The van der Waals surface area contributed by atoms with E-state index in [9.17, 15) is 8.42 Å². The molecule has 0 aromatic rings. The molecule has 1 aliphatic heterocycles. The molecule has 0 radical (unpaired) electrons. The molecule has 1 heterocycles. The van der Waals surface area contributed by atoms with Crippen LogP contribution in [0.4, 0.5) is 0 Å². The molecule has 1 N–H and O–H groups in total. The minimum absolute atomic E-state index is 0.337. The summed E-state index contributed by atoms with van der Waals surface area (Å²) in [4.78, 5) is 0. The number of sulfone groups is 1. The maximum Gasteiger partial charge on any atom is 0.150 e. The summed E-state index contributed by atoms with van der Waals surface area (Å²) in [5.41, 5.74) is 0. The maximum absolute atomic E-state index is 11.1. The molecule has 0 aromatic carbocycles. The maximum atomic E-state index is 11.1. The molecule has 0 spiro atoms. The van der Waals surface area contributed by atoms with Gasteiger partial charge >= 0.3 is 0 Å². The van der Waals surface area contributed by atoms with Gasteiger partial charge in [-0.1, -0.05) is 6.08 Å². The SMILES string of the molecule is C=CCCCNCC1CCS(=O)(=O)C1. The number of rotatable bonds is 6. The summed E-state index contributed by atoms with van der Waals surface area (Å²) in [5, 5.41) is 3.29. The Balaban J connectivity index is 2.06. The Morgan fingerprint density at radius 3 is 2.86 bits per heavy atom. The zero-order chi connectivity index (χ0) is 10.4. The molecule has 0 saturated carbocycles. The Bertz CT molecular complexity index is 272. The van der Waals surface area contributed by atoms with Crippen molar-refractivity contribution in [3.8, 4) is 0 Å². The quantitative estimate of drug-likeness (QED) is 0.533. The van der Waals surface area contributed by atoms with Gasteiger partial charge in [0.05, 0.1) is 11.5 Å².